The Morgan fingerprint density at radius 1 is 1.20 bits per heavy atom. The van der Waals surface area contributed by atoms with Crippen LogP contribution in [0.5, 0.6) is 0 Å². The lowest BCUT2D eigenvalue weighted by Crippen LogP contribution is -3.08. The first-order chi connectivity index (χ1) is 14.4. The quantitative estimate of drug-likeness (QED) is 0.550. The molecule has 1 unspecified atom stereocenters. The van der Waals surface area contributed by atoms with Crippen LogP contribution in [-0.4, -0.2) is 50.2 Å². The summed E-state index contributed by atoms with van der Waals surface area (Å²) >= 11 is 0. The second-order valence-electron chi connectivity index (χ2n) is 7.64. The number of anilines is 1. The average molecular weight is 410 g/mol. The maximum atomic E-state index is 13.4. The molecule has 0 bridgehead atoms. The van der Waals surface area contributed by atoms with Gasteiger partial charge in [0, 0.05) is 44.0 Å². The Morgan fingerprint density at radius 2 is 1.93 bits per heavy atom. The van der Waals surface area contributed by atoms with Crippen molar-refractivity contribution < 1.29 is 14.4 Å². The number of esters is 1. The minimum absolute atomic E-state index is 0.126. The largest absolute Gasteiger partial charge is 0.461 e. The van der Waals surface area contributed by atoms with Gasteiger partial charge in [-0.1, -0.05) is 0 Å². The number of aromatic amines is 1. The molecule has 0 saturated carbocycles. The van der Waals surface area contributed by atoms with Crippen LogP contribution in [0.15, 0.2) is 47.5 Å². The molecule has 2 aromatic heterocycles. The van der Waals surface area contributed by atoms with E-state index < -0.39 is 5.97 Å². The molecule has 2 heterocycles. The molecule has 0 saturated heterocycles. The fourth-order valence-corrected chi connectivity index (χ4v) is 3.44. The van der Waals surface area contributed by atoms with E-state index in [9.17, 15) is 9.59 Å². The van der Waals surface area contributed by atoms with Crippen LogP contribution in [0.1, 0.15) is 28.5 Å². The fraction of sp³-hybridized carbons (Fsp3) is 0.348. The molecule has 0 aliphatic heterocycles. The molecule has 2 N–H and O–H groups in total. The smallest absolute Gasteiger partial charge is 0.355 e. The number of aromatic nitrogens is 2. The van der Waals surface area contributed by atoms with Crippen molar-refractivity contribution in [2.45, 2.75) is 19.9 Å². The molecule has 0 spiro atoms. The number of hydrogen-bond acceptors (Lipinski definition) is 5. The number of hydrogen-bond donors (Lipinski definition) is 2. The Hall–Kier alpha value is -3.19. The minimum atomic E-state index is -0.495. The van der Waals surface area contributed by atoms with E-state index in [0.29, 0.717) is 23.0 Å². The van der Waals surface area contributed by atoms with Gasteiger partial charge in [-0.3, -0.25) is 9.78 Å². The first kappa shape index (κ1) is 21.5. The summed E-state index contributed by atoms with van der Waals surface area (Å²) in [5.74, 6) is -0.495. The van der Waals surface area contributed by atoms with Crippen LogP contribution in [0.3, 0.4) is 0 Å². The number of ether oxygens (including phenoxy) is 1. The van der Waals surface area contributed by atoms with E-state index >= 15 is 0 Å². The molecule has 7 heteroatoms. The summed E-state index contributed by atoms with van der Waals surface area (Å²) in [5.41, 5.74) is 3.34. The number of carbonyl (C=O) groups excluding carboxylic acids is 1. The second-order valence-corrected chi connectivity index (χ2v) is 7.64. The first-order valence-electron chi connectivity index (χ1n) is 10.1. The molecule has 0 amide bonds. The van der Waals surface area contributed by atoms with Crippen molar-refractivity contribution in [1.29, 1.82) is 0 Å². The number of fused-ring (bicyclic) bond motifs is 1. The Kier molecular flexibility index (Phi) is 6.84. The Labute approximate surface area is 176 Å². The number of quaternary nitrogens is 1. The summed E-state index contributed by atoms with van der Waals surface area (Å²) in [6.45, 7) is 3.26. The van der Waals surface area contributed by atoms with Gasteiger partial charge in [0.15, 0.2) is 5.43 Å². The highest BCUT2D eigenvalue weighted by molar-refractivity contribution is 5.93. The van der Waals surface area contributed by atoms with Gasteiger partial charge in [-0.25, -0.2) is 4.79 Å². The Bertz CT molecular complexity index is 1080. The van der Waals surface area contributed by atoms with Crippen LogP contribution in [0.2, 0.25) is 0 Å². The topological polar surface area (TPSA) is 79.7 Å². The summed E-state index contributed by atoms with van der Waals surface area (Å²) in [4.78, 5) is 36.2. The van der Waals surface area contributed by atoms with E-state index in [2.05, 4.69) is 9.97 Å². The third-order valence-electron chi connectivity index (χ3n) is 5.15. The predicted octanol–water partition coefficient (Wildman–Crippen LogP) is 1.42. The van der Waals surface area contributed by atoms with Gasteiger partial charge in [0.1, 0.15) is 12.2 Å². The van der Waals surface area contributed by atoms with Gasteiger partial charge in [-0.15, -0.1) is 0 Å². The summed E-state index contributed by atoms with van der Waals surface area (Å²) < 4.78 is 5.21. The molecule has 1 aromatic carbocycles. The van der Waals surface area contributed by atoms with E-state index in [1.54, 1.807) is 19.3 Å². The van der Waals surface area contributed by atoms with E-state index in [-0.39, 0.29) is 17.7 Å². The molecule has 7 nitrogen and oxygen atoms in total. The number of likely N-dealkylation sites (N-methyl/N-ethyl adjacent to an activating group) is 1. The van der Waals surface area contributed by atoms with Gasteiger partial charge < -0.3 is 19.5 Å². The van der Waals surface area contributed by atoms with Crippen molar-refractivity contribution in [3.05, 3.63) is 69.8 Å². The normalized spacial score (nSPS) is 12.0. The van der Waals surface area contributed by atoms with Gasteiger partial charge in [-0.05, 0) is 42.8 Å². The predicted molar refractivity (Wildman–Crippen MR) is 118 cm³/mol. The zero-order valence-corrected chi connectivity index (χ0v) is 18.0. The SMILES string of the molecule is CCOC(=O)c1[nH]c2ccc(N(C)C)cc2c(=O)c1C[NH+](C)CCc1ccncc1. The molecule has 0 fully saturated rings. The lowest BCUT2D eigenvalue weighted by molar-refractivity contribution is -0.893. The van der Waals surface area contributed by atoms with Crippen LogP contribution in [-0.2, 0) is 17.7 Å². The van der Waals surface area contributed by atoms with Gasteiger partial charge in [0.05, 0.1) is 31.3 Å². The van der Waals surface area contributed by atoms with Crippen LogP contribution in [0.25, 0.3) is 10.9 Å². The number of nitrogens with zero attached hydrogens (tertiary/aromatic N) is 2. The highest BCUT2D eigenvalue weighted by atomic mass is 16.5. The molecule has 158 valence electrons. The summed E-state index contributed by atoms with van der Waals surface area (Å²) in [5, 5.41) is 0.575. The highest BCUT2D eigenvalue weighted by Gasteiger charge is 2.22. The lowest BCUT2D eigenvalue weighted by atomic mass is 10.1. The maximum absolute atomic E-state index is 13.4. The van der Waals surface area contributed by atoms with Crippen molar-refractivity contribution in [1.82, 2.24) is 9.97 Å². The lowest BCUT2D eigenvalue weighted by Gasteiger charge is -2.17. The molecular weight excluding hydrogens is 380 g/mol. The monoisotopic (exact) mass is 409 g/mol. The van der Waals surface area contributed by atoms with Gasteiger partial charge in [0.2, 0.25) is 0 Å². The van der Waals surface area contributed by atoms with Crippen LogP contribution in [0, 0.1) is 0 Å². The first-order valence-corrected chi connectivity index (χ1v) is 10.1. The average Bonchev–Trinajstić information content (AvgIpc) is 2.74. The molecule has 3 rings (SSSR count). The fourth-order valence-electron chi connectivity index (χ4n) is 3.44. The number of carbonyl (C=O) groups is 1. The number of benzene rings is 1. The molecule has 0 aliphatic rings. The Balaban J connectivity index is 1.96. The summed E-state index contributed by atoms with van der Waals surface area (Å²) in [7, 11) is 5.89. The standard InChI is InChI=1S/C23H28N4O3/c1-5-30-23(29)21-19(15-27(4)13-10-16-8-11-24-12-9-16)22(28)18-14-17(26(2)3)6-7-20(18)25-21/h6-9,11-12,14H,5,10,13,15H2,1-4H3,(H,25,28)/p+1. The summed E-state index contributed by atoms with van der Waals surface area (Å²) in [6, 6.07) is 9.59. The molecular formula is C23H29N4O3+. The molecule has 3 aromatic rings. The molecule has 0 aliphatic carbocycles. The third-order valence-corrected chi connectivity index (χ3v) is 5.15. The number of rotatable bonds is 8. The van der Waals surface area contributed by atoms with Crippen LogP contribution < -0.4 is 15.2 Å². The maximum Gasteiger partial charge on any atom is 0.355 e. The summed E-state index contributed by atoms with van der Waals surface area (Å²) in [6.07, 6.45) is 4.42. The van der Waals surface area contributed by atoms with Crippen molar-refractivity contribution >= 4 is 22.6 Å². The van der Waals surface area contributed by atoms with Gasteiger partial charge in [-0.2, -0.15) is 0 Å². The van der Waals surface area contributed by atoms with E-state index in [0.717, 1.165) is 23.6 Å². The molecule has 30 heavy (non-hydrogen) atoms. The molecule has 1 atom stereocenters. The van der Waals surface area contributed by atoms with Gasteiger partial charge in [0.25, 0.3) is 0 Å². The number of H-pyrrole nitrogens is 1. The van der Waals surface area contributed by atoms with Crippen molar-refractivity contribution in [3.8, 4) is 0 Å². The minimum Gasteiger partial charge on any atom is -0.461 e. The second kappa shape index (κ2) is 9.54. The van der Waals surface area contributed by atoms with E-state index in [4.69, 9.17) is 4.74 Å². The highest BCUT2D eigenvalue weighted by Crippen LogP contribution is 2.19. The zero-order chi connectivity index (χ0) is 21.7. The van der Waals surface area contributed by atoms with E-state index in [1.807, 2.05) is 56.4 Å². The molecule has 0 radical (unpaired) electrons. The van der Waals surface area contributed by atoms with Gasteiger partial charge >= 0.3 is 5.97 Å². The van der Waals surface area contributed by atoms with E-state index in [1.165, 1.54) is 5.56 Å². The van der Waals surface area contributed by atoms with Crippen LogP contribution in [0.4, 0.5) is 5.69 Å². The zero-order valence-electron chi connectivity index (χ0n) is 18.0. The van der Waals surface area contributed by atoms with Crippen molar-refractivity contribution in [3.63, 3.8) is 0 Å². The van der Waals surface area contributed by atoms with Crippen molar-refractivity contribution in [2.24, 2.45) is 0 Å². The number of nitrogens with one attached hydrogen (secondary N) is 2. The van der Waals surface area contributed by atoms with Crippen molar-refractivity contribution in [2.75, 3.05) is 39.2 Å². The Morgan fingerprint density at radius 3 is 2.60 bits per heavy atom. The number of pyridine rings is 2. The third kappa shape index (κ3) is 4.86. The van der Waals surface area contributed by atoms with Crippen LogP contribution >= 0.6 is 0 Å².